The second-order valence-corrected chi connectivity index (χ2v) is 15.9. The van der Waals surface area contributed by atoms with Crippen molar-refractivity contribution in [1.29, 1.82) is 0 Å². The molecule has 1 aromatic carbocycles. The quantitative estimate of drug-likeness (QED) is 0.466. The van der Waals surface area contributed by atoms with Crippen molar-refractivity contribution in [2.24, 2.45) is 5.41 Å². The molecule has 0 bridgehead atoms. The third-order valence-electron chi connectivity index (χ3n) is 9.01. The lowest BCUT2D eigenvalue weighted by molar-refractivity contribution is -0.137. The lowest BCUT2D eigenvalue weighted by atomic mass is 9.95. The van der Waals surface area contributed by atoms with E-state index < -0.39 is 5.25 Å². The fourth-order valence-corrected chi connectivity index (χ4v) is 9.46. The van der Waals surface area contributed by atoms with Gasteiger partial charge in [-0.1, -0.05) is 39.0 Å². The van der Waals surface area contributed by atoms with Crippen LogP contribution in [0.4, 0.5) is 10.5 Å². The number of para-hydroxylation sites is 1. The van der Waals surface area contributed by atoms with E-state index in [2.05, 4.69) is 37.5 Å². The van der Waals surface area contributed by atoms with Crippen LogP contribution >= 0.6 is 23.1 Å². The Kier molecular flexibility index (Phi) is 9.03. The van der Waals surface area contributed by atoms with Gasteiger partial charge >= 0.3 is 6.03 Å². The zero-order chi connectivity index (χ0) is 30.1. The number of piperidine rings is 2. The number of nitrogens with zero attached hydrogens (tertiary/aromatic N) is 4. The molecule has 0 saturated carbocycles. The van der Waals surface area contributed by atoms with E-state index in [4.69, 9.17) is 4.98 Å². The van der Waals surface area contributed by atoms with Gasteiger partial charge in [-0.2, -0.15) is 0 Å². The van der Waals surface area contributed by atoms with Crippen molar-refractivity contribution in [3.05, 3.63) is 45.9 Å². The average Bonchev–Trinajstić information content (AvgIpc) is 3.54. The van der Waals surface area contributed by atoms with E-state index in [1.54, 1.807) is 23.1 Å². The Morgan fingerprint density at radius 3 is 2.53 bits per heavy atom. The minimum absolute atomic E-state index is 0.0353. The molecule has 3 fully saturated rings. The summed E-state index contributed by atoms with van der Waals surface area (Å²) in [5, 5.41) is 7.17. The molecule has 0 radical (unpaired) electrons. The second kappa shape index (κ2) is 12.8. The highest BCUT2D eigenvalue weighted by Gasteiger charge is 2.45. The molecule has 3 saturated heterocycles. The molecule has 0 aliphatic carbocycles. The predicted molar refractivity (Wildman–Crippen MR) is 172 cm³/mol. The van der Waals surface area contributed by atoms with Crippen LogP contribution in [0.25, 0.3) is 0 Å². The molecular formula is C32H44N6O3S2. The summed E-state index contributed by atoms with van der Waals surface area (Å²) in [4.78, 5) is 52.1. The Morgan fingerprint density at radius 2 is 1.79 bits per heavy atom. The number of hydrogen-bond donors (Lipinski definition) is 2. The highest BCUT2D eigenvalue weighted by molar-refractivity contribution is 8.01. The van der Waals surface area contributed by atoms with E-state index in [9.17, 15) is 14.4 Å². The number of hydrogen-bond acceptors (Lipinski definition) is 7. The lowest BCUT2D eigenvalue weighted by Gasteiger charge is -2.38. The minimum Gasteiger partial charge on any atom is -0.342 e. The number of fused-ring (bicyclic) bond motifs is 1. The van der Waals surface area contributed by atoms with Crippen LogP contribution in [0, 0.1) is 5.41 Å². The van der Waals surface area contributed by atoms with Gasteiger partial charge in [0.05, 0.1) is 15.1 Å². The molecule has 4 aliphatic heterocycles. The monoisotopic (exact) mass is 624 g/mol. The molecule has 1 unspecified atom stereocenters. The first-order valence-corrected chi connectivity index (χ1v) is 17.5. The van der Waals surface area contributed by atoms with Gasteiger partial charge in [0.15, 0.2) is 0 Å². The van der Waals surface area contributed by atoms with Crippen LogP contribution in [0.5, 0.6) is 0 Å². The Hall–Kier alpha value is -2.63. The fraction of sp³-hybridized carbons (Fsp3) is 0.625. The van der Waals surface area contributed by atoms with Crippen LogP contribution < -0.4 is 10.6 Å². The molecule has 9 nitrogen and oxygen atoms in total. The van der Waals surface area contributed by atoms with Gasteiger partial charge in [0, 0.05) is 56.4 Å². The average molecular weight is 625 g/mol. The lowest BCUT2D eigenvalue weighted by Crippen LogP contribution is -2.50. The van der Waals surface area contributed by atoms with Crippen molar-refractivity contribution in [1.82, 2.24) is 25.0 Å². The molecule has 6 rings (SSSR count). The topological polar surface area (TPSA) is 97.9 Å². The number of thiazole rings is 1. The minimum atomic E-state index is -0.392. The van der Waals surface area contributed by atoms with Gasteiger partial charge in [0.1, 0.15) is 5.37 Å². The van der Waals surface area contributed by atoms with Gasteiger partial charge in [-0.15, -0.1) is 23.1 Å². The third-order valence-corrected chi connectivity index (χ3v) is 11.8. The summed E-state index contributed by atoms with van der Waals surface area (Å²) in [6.07, 6.45) is 6.69. The van der Waals surface area contributed by atoms with Crippen molar-refractivity contribution in [3.8, 4) is 0 Å². The molecule has 4 aliphatic rings. The smallest absolute Gasteiger partial charge is 0.322 e. The molecule has 0 spiro atoms. The molecule has 2 N–H and O–H groups in total. The molecule has 5 heterocycles. The van der Waals surface area contributed by atoms with Crippen molar-refractivity contribution in [3.63, 3.8) is 0 Å². The number of anilines is 1. The largest absolute Gasteiger partial charge is 0.342 e. The van der Waals surface area contributed by atoms with Crippen LogP contribution in [0.3, 0.4) is 0 Å². The number of carbonyl (C=O) groups is 3. The molecule has 2 aromatic rings. The Balaban J connectivity index is 1.07. The van der Waals surface area contributed by atoms with Crippen molar-refractivity contribution in [2.45, 2.75) is 81.9 Å². The maximum Gasteiger partial charge on any atom is 0.322 e. The maximum atomic E-state index is 13.8. The molecular weight excluding hydrogens is 581 g/mol. The molecule has 232 valence electrons. The van der Waals surface area contributed by atoms with Gasteiger partial charge in [0.2, 0.25) is 11.8 Å². The standard InChI is InChI=1S/C32H44N6O3S2/c1-32(2,3)20-38-29(40)25(43-30(38)26-19-34-28(42-26)22-8-13-33-14-9-22)18-27(39)36-15-11-23(12-16-36)37-17-10-21-6-4-5-7-24(21)35-31(37)41/h4-7,19,22-23,25,30,33H,8-18,20H2,1-3H3,(H,35,41)/t25-,30?/m0/s1. The van der Waals surface area contributed by atoms with Gasteiger partial charge in [0.25, 0.3) is 0 Å². The predicted octanol–water partition coefficient (Wildman–Crippen LogP) is 5.07. The third kappa shape index (κ3) is 6.88. The number of benzene rings is 1. The highest BCUT2D eigenvalue weighted by atomic mass is 32.2. The highest BCUT2D eigenvalue weighted by Crippen LogP contribution is 2.48. The SMILES string of the molecule is CC(C)(C)CN1C(=O)[C@H](CC(=O)N2CCC(N3CCc4ccccc4NC3=O)CC2)SC1c1cnc(C2CCNCC2)s1. The number of thioether (sulfide) groups is 1. The van der Waals surface area contributed by atoms with E-state index in [1.807, 2.05) is 39.1 Å². The van der Waals surface area contributed by atoms with E-state index >= 15 is 0 Å². The van der Waals surface area contributed by atoms with E-state index in [0.29, 0.717) is 32.1 Å². The van der Waals surface area contributed by atoms with Gasteiger partial charge in [-0.25, -0.2) is 9.78 Å². The number of amides is 4. The normalized spacial score (nSPS) is 24.2. The molecule has 2 atom stereocenters. The first-order valence-electron chi connectivity index (χ1n) is 15.7. The van der Waals surface area contributed by atoms with Gasteiger partial charge in [-0.05, 0) is 62.2 Å². The van der Waals surface area contributed by atoms with E-state index in [1.165, 1.54) is 5.01 Å². The Bertz CT molecular complexity index is 1330. The first kappa shape index (κ1) is 30.4. The van der Waals surface area contributed by atoms with Crippen LogP contribution in [0.15, 0.2) is 30.5 Å². The zero-order valence-electron chi connectivity index (χ0n) is 25.5. The molecule has 11 heteroatoms. The summed E-state index contributed by atoms with van der Waals surface area (Å²) in [5.74, 6) is 0.577. The maximum absolute atomic E-state index is 13.8. The van der Waals surface area contributed by atoms with Crippen molar-refractivity contribution in [2.75, 3.05) is 44.6 Å². The summed E-state index contributed by atoms with van der Waals surface area (Å²) in [6, 6.07) is 8.02. The summed E-state index contributed by atoms with van der Waals surface area (Å²) in [6.45, 7) is 11.0. The Morgan fingerprint density at radius 1 is 1.05 bits per heavy atom. The number of nitrogens with one attached hydrogen (secondary N) is 2. The number of carbonyl (C=O) groups excluding carboxylic acids is 3. The molecule has 1 aromatic heterocycles. The first-order chi connectivity index (χ1) is 20.7. The van der Waals surface area contributed by atoms with Crippen LogP contribution in [0.2, 0.25) is 0 Å². The summed E-state index contributed by atoms with van der Waals surface area (Å²) >= 11 is 3.36. The number of likely N-dealkylation sites (tertiary alicyclic amines) is 1. The van der Waals surface area contributed by atoms with Crippen molar-refractivity contribution < 1.29 is 14.4 Å². The van der Waals surface area contributed by atoms with Crippen LogP contribution in [0.1, 0.15) is 79.6 Å². The fourth-order valence-electron chi connectivity index (χ4n) is 6.74. The van der Waals surface area contributed by atoms with E-state index in [0.717, 1.165) is 61.3 Å². The number of rotatable bonds is 6. The van der Waals surface area contributed by atoms with Gasteiger partial charge in [-0.3, -0.25) is 9.59 Å². The van der Waals surface area contributed by atoms with E-state index in [-0.39, 0.29) is 41.1 Å². The number of aromatic nitrogens is 1. The molecule has 43 heavy (non-hydrogen) atoms. The second-order valence-electron chi connectivity index (χ2n) is 13.5. The molecule has 4 amide bonds. The van der Waals surface area contributed by atoms with Crippen molar-refractivity contribution >= 4 is 46.6 Å². The van der Waals surface area contributed by atoms with Crippen LogP contribution in [-0.4, -0.2) is 88.1 Å². The summed E-state index contributed by atoms with van der Waals surface area (Å²) in [5.41, 5.74) is 1.99. The summed E-state index contributed by atoms with van der Waals surface area (Å²) in [7, 11) is 0. The van der Waals surface area contributed by atoms with Gasteiger partial charge < -0.3 is 25.3 Å². The Labute approximate surface area is 263 Å². The number of urea groups is 1. The van der Waals surface area contributed by atoms with Crippen LogP contribution in [-0.2, 0) is 16.0 Å². The summed E-state index contributed by atoms with van der Waals surface area (Å²) < 4.78 is 0. The zero-order valence-corrected chi connectivity index (χ0v) is 27.1.